The van der Waals surface area contributed by atoms with Gasteiger partial charge in [-0.3, -0.25) is 0 Å². The first-order chi connectivity index (χ1) is 19.8. The fraction of sp³-hybridized carbons (Fsp3) is 0.486. The fourth-order valence-electron chi connectivity index (χ4n) is 4.81. The lowest BCUT2D eigenvalue weighted by atomic mass is 10.0. The Balaban J connectivity index is 1.58. The molecule has 0 amide bonds. The van der Waals surface area contributed by atoms with Crippen molar-refractivity contribution in [2.24, 2.45) is 0 Å². The van der Waals surface area contributed by atoms with Gasteiger partial charge in [-0.2, -0.15) is 8.78 Å². The Kier molecular flexibility index (Phi) is 13.5. The summed E-state index contributed by atoms with van der Waals surface area (Å²) in [6.07, 6.45) is 11.6. The maximum atomic E-state index is 15.1. The first kappa shape index (κ1) is 32.5. The molecule has 3 rings (SSSR count). The van der Waals surface area contributed by atoms with Gasteiger partial charge in [-0.05, 0) is 67.1 Å². The van der Waals surface area contributed by atoms with Gasteiger partial charge in [-0.25, -0.2) is 8.78 Å². The Bertz CT molecular complexity index is 1160. The molecule has 6 heteroatoms. The Morgan fingerprint density at radius 1 is 0.634 bits per heavy atom. The summed E-state index contributed by atoms with van der Waals surface area (Å²) >= 11 is 0. The number of benzene rings is 3. The number of ether oxygens (including phenoxy) is 2. The number of hydrogen-bond donors (Lipinski definition) is 0. The predicted octanol–water partition coefficient (Wildman–Crippen LogP) is 11.5. The zero-order valence-corrected chi connectivity index (χ0v) is 24.4. The third-order valence-electron chi connectivity index (χ3n) is 7.23. The van der Waals surface area contributed by atoms with E-state index in [1.807, 2.05) is 12.1 Å². The number of halogens is 4. The second-order valence-electron chi connectivity index (χ2n) is 10.7. The lowest BCUT2D eigenvalue weighted by Gasteiger charge is -2.20. The second kappa shape index (κ2) is 17.1. The average molecular weight is 572 g/mol. The number of alkyl halides is 2. The third kappa shape index (κ3) is 10.7. The van der Waals surface area contributed by atoms with Gasteiger partial charge in [-0.15, -0.1) is 0 Å². The Morgan fingerprint density at radius 2 is 1.10 bits per heavy atom. The van der Waals surface area contributed by atoms with Gasteiger partial charge in [0, 0.05) is 6.07 Å². The summed E-state index contributed by atoms with van der Waals surface area (Å²) in [5.41, 5.74) is 0.591. The fourth-order valence-corrected chi connectivity index (χ4v) is 4.81. The van der Waals surface area contributed by atoms with Crippen molar-refractivity contribution >= 4 is 0 Å². The molecule has 0 fully saturated rings. The molecule has 2 nitrogen and oxygen atoms in total. The van der Waals surface area contributed by atoms with Gasteiger partial charge in [0.25, 0.3) is 0 Å². The van der Waals surface area contributed by atoms with Crippen LogP contribution in [0.3, 0.4) is 0 Å². The van der Waals surface area contributed by atoms with Crippen LogP contribution >= 0.6 is 0 Å². The summed E-state index contributed by atoms with van der Waals surface area (Å²) in [7, 11) is 0. The van der Waals surface area contributed by atoms with Crippen molar-refractivity contribution in [2.45, 2.75) is 110 Å². The Morgan fingerprint density at radius 3 is 1.61 bits per heavy atom. The summed E-state index contributed by atoms with van der Waals surface area (Å²) in [6.45, 7) is 4.37. The van der Waals surface area contributed by atoms with E-state index in [1.54, 1.807) is 24.3 Å². The van der Waals surface area contributed by atoms with E-state index in [2.05, 4.69) is 19.9 Å². The number of rotatable bonds is 19. The van der Waals surface area contributed by atoms with Gasteiger partial charge in [0.05, 0.1) is 0 Å². The van der Waals surface area contributed by atoms with Crippen molar-refractivity contribution in [3.63, 3.8) is 0 Å². The molecular formula is C35H43F4O2. The molecule has 0 saturated heterocycles. The molecular weight excluding hydrogens is 528 g/mol. The van der Waals surface area contributed by atoms with Crippen LogP contribution in [0, 0.1) is 17.7 Å². The van der Waals surface area contributed by atoms with Gasteiger partial charge >= 0.3 is 6.11 Å². The van der Waals surface area contributed by atoms with Crippen LogP contribution in [-0.4, -0.2) is 0 Å². The molecule has 0 bridgehead atoms. The molecule has 0 N–H and O–H groups in total. The van der Waals surface area contributed by atoms with Crippen LogP contribution in [0.2, 0.25) is 0 Å². The first-order valence-corrected chi connectivity index (χ1v) is 15.2. The molecule has 3 aromatic rings. The van der Waals surface area contributed by atoms with Crippen LogP contribution < -0.4 is 9.47 Å². The molecule has 41 heavy (non-hydrogen) atoms. The molecule has 0 spiro atoms. The van der Waals surface area contributed by atoms with Gasteiger partial charge in [0.15, 0.2) is 11.6 Å². The molecule has 0 aliphatic heterocycles. The van der Waals surface area contributed by atoms with Crippen LogP contribution in [0.1, 0.15) is 108 Å². The van der Waals surface area contributed by atoms with E-state index in [1.165, 1.54) is 63.5 Å². The monoisotopic (exact) mass is 571 g/mol. The standard InChI is InChI=1S/C35H43F4O2/c1-3-5-7-9-11-13-15-27-17-21-29(22-18-27)40-32-26-25-31(36)33(34(32)37)35(38,39)41-30-23-19-28(20-24-30)16-14-12-10-8-6-4-2/h17-25H,3-16H2,1-2H3. The molecule has 0 saturated carbocycles. The molecule has 0 heterocycles. The number of aryl methyl sites for hydroxylation is 2. The Labute approximate surface area is 243 Å². The van der Waals surface area contributed by atoms with Crippen molar-refractivity contribution in [2.75, 3.05) is 0 Å². The maximum absolute atomic E-state index is 15.1. The highest BCUT2D eigenvalue weighted by Gasteiger charge is 2.42. The van der Waals surface area contributed by atoms with E-state index in [0.29, 0.717) is 6.07 Å². The highest BCUT2D eigenvalue weighted by Crippen LogP contribution is 2.39. The lowest BCUT2D eigenvalue weighted by Crippen LogP contribution is -2.25. The van der Waals surface area contributed by atoms with Crippen molar-refractivity contribution in [1.29, 1.82) is 0 Å². The molecule has 0 unspecified atom stereocenters. The summed E-state index contributed by atoms with van der Waals surface area (Å²) in [4.78, 5) is 0. The van der Waals surface area contributed by atoms with E-state index in [-0.39, 0.29) is 11.5 Å². The van der Waals surface area contributed by atoms with E-state index in [0.717, 1.165) is 49.7 Å². The summed E-state index contributed by atoms with van der Waals surface area (Å²) in [6, 6.07) is 16.1. The smallest absolute Gasteiger partial charge is 0.432 e. The van der Waals surface area contributed by atoms with E-state index in [4.69, 9.17) is 9.47 Å². The number of hydrogen-bond acceptors (Lipinski definition) is 2. The maximum Gasteiger partial charge on any atom is 0.432 e. The largest absolute Gasteiger partial charge is 0.454 e. The van der Waals surface area contributed by atoms with Crippen LogP contribution in [0.4, 0.5) is 17.6 Å². The zero-order valence-electron chi connectivity index (χ0n) is 24.4. The quantitative estimate of drug-likeness (QED) is 0.105. The highest BCUT2D eigenvalue weighted by atomic mass is 19.3. The molecule has 3 aromatic carbocycles. The van der Waals surface area contributed by atoms with Crippen molar-refractivity contribution in [3.8, 4) is 17.2 Å². The highest BCUT2D eigenvalue weighted by molar-refractivity contribution is 5.38. The van der Waals surface area contributed by atoms with E-state index in [9.17, 15) is 4.39 Å². The average Bonchev–Trinajstić information content (AvgIpc) is 2.95. The van der Waals surface area contributed by atoms with E-state index >= 15 is 13.2 Å². The minimum Gasteiger partial charge on any atom is -0.454 e. The minimum atomic E-state index is -4.26. The minimum absolute atomic E-state index is 0.184. The van der Waals surface area contributed by atoms with Gasteiger partial charge in [0.1, 0.15) is 22.9 Å². The lowest BCUT2D eigenvalue weighted by molar-refractivity contribution is -0.189. The van der Waals surface area contributed by atoms with Crippen LogP contribution in [0.5, 0.6) is 17.2 Å². The van der Waals surface area contributed by atoms with Crippen molar-refractivity contribution in [1.82, 2.24) is 0 Å². The number of unbranched alkanes of at least 4 members (excludes halogenated alkanes) is 10. The molecule has 0 aliphatic rings. The Hall–Kier alpha value is -3.02. The topological polar surface area (TPSA) is 18.5 Å². The van der Waals surface area contributed by atoms with E-state index < -0.39 is 29.1 Å². The second-order valence-corrected chi connectivity index (χ2v) is 10.7. The van der Waals surface area contributed by atoms with Crippen molar-refractivity contribution < 1.29 is 27.0 Å². The molecule has 0 atom stereocenters. The summed E-state index contributed by atoms with van der Waals surface area (Å²) in [5.74, 6) is -3.58. The third-order valence-corrected chi connectivity index (χ3v) is 7.23. The normalized spacial score (nSPS) is 11.6. The van der Waals surface area contributed by atoms with Crippen molar-refractivity contribution in [3.05, 3.63) is 89.0 Å². The van der Waals surface area contributed by atoms with Gasteiger partial charge in [0.2, 0.25) is 0 Å². The van der Waals surface area contributed by atoms with Crippen LogP contribution in [-0.2, 0) is 19.0 Å². The summed E-state index contributed by atoms with van der Waals surface area (Å²) < 4.78 is 69.9. The molecule has 223 valence electrons. The van der Waals surface area contributed by atoms with Crippen LogP contribution in [0.15, 0.2) is 54.6 Å². The van der Waals surface area contributed by atoms with Gasteiger partial charge < -0.3 is 9.47 Å². The summed E-state index contributed by atoms with van der Waals surface area (Å²) in [5, 5.41) is 0. The molecule has 1 radical (unpaired) electrons. The molecule has 0 aromatic heterocycles. The first-order valence-electron chi connectivity index (χ1n) is 15.2. The zero-order chi connectivity index (χ0) is 29.5. The molecule has 0 aliphatic carbocycles. The van der Waals surface area contributed by atoms with Crippen LogP contribution in [0.25, 0.3) is 0 Å². The predicted molar refractivity (Wildman–Crippen MR) is 157 cm³/mol. The van der Waals surface area contributed by atoms with Gasteiger partial charge in [-0.1, -0.05) is 102 Å². The SMILES string of the molecule is CCCCCCCCc1ccc(Oc2[c]cc(F)c(C(F)(F)Oc3ccc(CCCCCCCC)cc3)c2F)cc1.